The van der Waals surface area contributed by atoms with Crippen molar-refractivity contribution in [1.82, 2.24) is 0 Å². The summed E-state index contributed by atoms with van der Waals surface area (Å²) in [6.45, 7) is 6.39. The summed E-state index contributed by atoms with van der Waals surface area (Å²) in [6, 6.07) is 0. The van der Waals surface area contributed by atoms with Crippen molar-refractivity contribution in [3.63, 3.8) is 0 Å². The van der Waals surface area contributed by atoms with Crippen molar-refractivity contribution in [3.05, 3.63) is 33.6 Å². The Bertz CT molecular complexity index is 311. The van der Waals surface area contributed by atoms with E-state index in [0.717, 1.165) is 11.1 Å². The van der Waals surface area contributed by atoms with Gasteiger partial charge in [-0.25, -0.2) is 8.78 Å². The van der Waals surface area contributed by atoms with Crippen molar-refractivity contribution in [1.29, 1.82) is 0 Å². The molecule has 0 fully saturated rings. The van der Waals surface area contributed by atoms with Gasteiger partial charge in [-0.2, -0.15) is 0 Å². The minimum atomic E-state index is -0.514. The first-order chi connectivity index (χ1) is 6.00. The predicted molar refractivity (Wildman–Crippen MR) is 50.2 cm³/mol. The van der Waals surface area contributed by atoms with E-state index in [-0.39, 0.29) is 5.82 Å². The maximum atomic E-state index is 13.4. The molecule has 0 unspecified atom stereocenters. The lowest BCUT2D eigenvalue weighted by molar-refractivity contribution is 0.479. The van der Waals surface area contributed by atoms with Gasteiger partial charge in [0.25, 0.3) is 0 Å². The third-order valence-electron chi connectivity index (χ3n) is 2.82. The Labute approximate surface area is 77.6 Å². The Morgan fingerprint density at radius 1 is 0.846 bits per heavy atom. The second-order valence-electron chi connectivity index (χ2n) is 3.43. The summed E-state index contributed by atoms with van der Waals surface area (Å²) in [6.07, 6.45) is 0. The molecule has 0 bridgehead atoms. The van der Waals surface area contributed by atoms with E-state index < -0.39 is 6.67 Å². The van der Waals surface area contributed by atoms with Crippen LogP contribution in [-0.4, -0.2) is 0 Å². The van der Waals surface area contributed by atoms with Gasteiger partial charge in [0, 0.05) is 0 Å². The van der Waals surface area contributed by atoms with Crippen molar-refractivity contribution in [2.75, 3.05) is 0 Å². The summed E-state index contributed by atoms with van der Waals surface area (Å²) >= 11 is 0. The maximum Gasteiger partial charge on any atom is 0.129 e. The lowest BCUT2D eigenvalue weighted by Gasteiger charge is -2.13. The van der Waals surface area contributed by atoms with Crippen LogP contribution in [0.3, 0.4) is 0 Å². The van der Waals surface area contributed by atoms with Crippen LogP contribution in [0.15, 0.2) is 0 Å². The molecule has 0 saturated carbocycles. The number of hydrogen-bond acceptors (Lipinski definition) is 0. The van der Waals surface area contributed by atoms with E-state index in [9.17, 15) is 8.78 Å². The van der Waals surface area contributed by atoms with Crippen LogP contribution in [0.25, 0.3) is 0 Å². The van der Waals surface area contributed by atoms with E-state index in [1.54, 1.807) is 27.7 Å². The molecule has 0 amide bonds. The molecule has 72 valence electrons. The molecular formula is C11H14F2. The Balaban J connectivity index is 3.56. The Morgan fingerprint density at radius 3 is 1.54 bits per heavy atom. The van der Waals surface area contributed by atoms with Crippen LogP contribution in [0.5, 0.6) is 0 Å². The summed E-state index contributed by atoms with van der Waals surface area (Å²) in [4.78, 5) is 0. The van der Waals surface area contributed by atoms with Crippen LogP contribution < -0.4 is 0 Å². The van der Waals surface area contributed by atoms with Crippen LogP contribution >= 0.6 is 0 Å². The van der Waals surface area contributed by atoms with Gasteiger partial charge in [-0.3, -0.25) is 0 Å². The summed E-state index contributed by atoms with van der Waals surface area (Å²) < 4.78 is 26.1. The first-order valence-corrected chi connectivity index (χ1v) is 4.31. The standard InChI is InChI=1S/C11H14F2/c1-6-8(3)11(13)9(4)7(2)10(6)5-12/h5H2,1-4H3. The molecule has 0 radical (unpaired) electrons. The third kappa shape index (κ3) is 1.45. The minimum absolute atomic E-state index is 0.202. The first kappa shape index (κ1) is 10.2. The molecule has 0 aromatic heterocycles. The molecule has 0 heterocycles. The van der Waals surface area contributed by atoms with Crippen LogP contribution in [0.2, 0.25) is 0 Å². The van der Waals surface area contributed by atoms with E-state index in [2.05, 4.69) is 0 Å². The van der Waals surface area contributed by atoms with Crippen LogP contribution in [0.4, 0.5) is 8.78 Å². The molecule has 0 aliphatic rings. The van der Waals surface area contributed by atoms with Gasteiger partial charge in [-0.15, -0.1) is 0 Å². The molecule has 0 N–H and O–H groups in total. The molecule has 0 nitrogen and oxygen atoms in total. The van der Waals surface area contributed by atoms with Gasteiger partial charge in [-0.05, 0) is 55.5 Å². The lowest BCUT2D eigenvalue weighted by Crippen LogP contribution is -2.01. The van der Waals surface area contributed by atoms with Crippen LogP contribution in [0.1, 0.15) is 27.8 Å². The Morgan fingerprint density at radius 2 is 1.23 bits per heavy atom. The number of benzene rings is 1. The van der Waals surface area contributed by atoms with E-state index >= 15 is 0 Å². The molecule has 1 aromatic rings. The first-order valence-electron chi connectivity index (χ1n) is 4.31. The largest absolute Gasteiger partial charge is 0.246 e. The normalized spacial score (nSPS) is 10.6. The Hall–Kier alpha value is -0.920. The highest BCUT2D eigenvalue weighted by atomic mass is 19.1. The van der Waals surface area contributed by atoms with E-state index in [1.165, 1.54) is 0 Å². The van der Waals surface area contributed by atoms with E-state index in [0.29, 0.717) is 16.7 Å². The zero-order valence-electron chi connectivity index (χ0n) is 8.46. The summed E-state index contributed by atoms with van der Waals surface area (Å²) in [5.74, 6) is -0.202. The van der Waals surface area contributed by atoms with Crippen molar-refractivity contribution in [2.45, 2.75) is 34.4 Å². The van der Waals surface area contributed by atoms with Crippen LogP contribution in [0, 0.1) is 33.5 Å². The monoisotopic (exact) mass is 184 g/mol. The van der Waals surface area contributed by atoms with Crippen molar-refractivity contribution in [3.8, 4) is 0 Å². The van der Waals surface area contributed by atoms with Gasteiger partial charge in [0.2, 0.25) is 0 Å². The van der Waals surface area contributed by atoms with Gasteiger partial charge in [0.05, 0.1) is 0 Å². The fourth-order valence-corrected chi connectivity index (χ4v) is 1.54. The summed E-state index contributed by atoms with van der Waals surface area (Å²) in [5, 5.41) is 0. The van der Waals surface area contributed by atoms with Gasteiger partial charge in [0.15, 0.2) is 0 Å². The molecule has 0 spiro atoms. The quantitative estimate of drug-likeness (QED) is 0.626. The second-order valence-corrected chi connectivity index (χ2v) is 3.43. The van der Waals surface area contributed by atoms with Crippen molar-refractivity contribution in [2.24, 2.45) is 0 Å². The minimum Gasteiger partial charge on any atom is -0.246 e. The van der Waals surface area contributed by atoms with Gasteiger partial charge < -0.3 is 0 Å². The Kier molecular flexibility index (Phi) is 2.69. The van der Waals surface area contributed by atoms with Gasteiger partial charge >= 0.3 is 0 Å². The summed E-state index contributed by atoms with van der Waals surface area (Å²) in [5.41, 5.74) is 3.24. The lowest BCUT2D eigenvalue weighted by atomic mass is 9.94. The molecule has 0 saturated heterocycles. The fourth-order valence-electron chi connectivity index (χ4n) is 1.54. The number of halogens is 2. The molecule has 1 rings (SSSR count). The van der Waals surface area contributed by atoms with Gasteiger partial charge in [0.1, 0.15) is 12.5 Å². The van der Waals surface area contributed by atoms with E-state index in [1.807, 2.05) is 0 Å². The van der Waals surface area contributed by atoms with E-state index in [4.69, 9.17) is 0 Å². The smallest absolute Gasteiger partial charge is 0.129 e. The predicted octanol–water partition coefficient (Wildman–Crippen LogP) is 3.53. The molecule has 1 aromatic carbocycles. The zero-order chi connectivity index (χ0) is 10.2. The fraction of sp³-hybridized carbons (Fsp3) is 0.455. The zero-order valence-corrected chi connectivity index (χ0v) is 8.46. The van der Waals surface area contributed by atoms with Crippen molar-refractivity contribution >= 4 is 0 Å². The number of alkyl halides is 1. The SMILES string of the molecule is Cc1c(C)c(CF)c(C)c(C)c1F. The van der Waals surface area contributed by atoms with Crippen LogP contribution in [-0.2, 0) is 6.67 Å². The topological polar surface area (TPSA) is 0 Å². The van der Waals surface area contributed by atoms with Gasteiger partial charge in [-0.1, -0.05) is 0 Å². The molecular weight excluding hydrogens is 170 g/mol. The second kappa shape index (κ2) is 3.44. The molecule has 13 heavy (non-hydrogen) atoms. The summed E-state index contributed by atoms with van der Waals surface area (Å²) in [7, 11) is 0. The molecule has 0 atom stereocenters. The third-order valence-corrected chi connectivity index (χ3v) is 2.82. The molecule has 0 aliphatic heterocycles. The highest BCUT2D eigenvalue weighted by Crippen LogP contribution is 2.25. The maximum absolute atomic E-state index is 13.4. The average molecular weight is 184 g/mol. The number of hydrogen-bond donors (Lipinski definition) is 0. The average Bonchev–Trinajstić information content (AvgIpc) is 2.13. The highest BCUT2D eigenvalue weighted by Gasteiger charge is 2.13. The highest BCUT2D eigenvalue weighted by molar-refractivity contribution is 5.44. The molecule has 2 heteroatoms. The molecule has 0 aliphatic carbocycles. The van der Waals surface area contributed by atoms with Crippen molar-refractivity contribution < 1.29 is 8.78 Å². The number of rotatable bonds is 1.